The predicted octanol–water partition coefficient (Wildman–Crippen LogP) is 0.892. The number of carbonyl (C=O) groups is 3. The zero-order chi connectivity index (χ0) is 25.4. The first-order valence-corrected chi connectivity index (χ1v) is 4.74. The zero-order valence-corrected chi connectivity index (χ0v) is 8.29. The highest BCUT2D eigenvalue weighted by atomic mass is 31.1. The van der Waals surface area contributed by atoms with E-state index < -0.39 is 63.3 Å². The van der Waals surface area contributed by atoms with Gasteiger partial charge < -0.3 is 15.3 Å². The highest BCUT2D eigenvalue weighted by Crippen LogP contribution is 2.37. The van der Waals surface area contributed by atoms with Crippen LogP contribution < -0.4 is 0 Å². The third-order valence-corrected chi connectivity index (χ3v) is 1.82. The molecule has 0 aliphatic carbocycles. The molecule has 0 aliphatic heterocycles. The van der Waals surface area contributed by atoms with E-state index in [2.05, 4.69) is 15.3 Å². The van der Waals surface area contributed by atoms with Crippen LogP contribution in [-0.2, 0) is 14.4 Å². The molecule has 0 unspecified atom stereocenters. The Morgan fingerprint density at radius 2 is 1.19 bits per heavy atom. The fourth-order valence-corrected chi connectivity index (χ4v) is 1.17. The number of hydrogen-bond donors (Lipinski definition) is 3. The van der Waals surface area contributed by atoms with Crippen molar-refractivity contribution < 1.29 is 46.2 Å². The molecule has 0 atom stereocenters. The summed E-state index contributed by atoms with van der Waals surface area (Å²) in [5, 5.41) is 9.95. The van der Waals surface area contributed by atoms with Crippen molar-refractivity contribution in [3.05, 3.63) is 0 Å². The highest BCUT2D eigenvalue weighted by molar-refractivity contribution is 7.57. The van der Waals surface area contributed by atoms with Gasteiger partial charge in [-0.2, -0.15) is 0 Å². The summed E-state index contributed by atoms with van der Waals surface area (Å²) >= 11 is 0. The van der Waals surface area contributed by atoms with Gasteiger partial charge in [-0.05, 0) is 18.3 Å². The van der Waals surface area contributed by atoms with Crippen molar-refractivity contribution in [2.24, 2.45) is 0 Å². The van der Waals surface area contributed by atoms with Gasteiger partial charge in [0.2, 0.25) is 0 Å². The number of rotatable bonds is 9. The van der Waals surface area contributed by atoms with Gasteiger partial charge >= 0.3 is 17.9 Å². The quantitative estimate of drug-likeness (QED) is 0.534. The average molecular weight is 265 g/mol. The van der Waals surface area contributed by atoms with Gasteiger partial charge in [-0.1, -0.05) is 0 Å². The predicted molar refractivity (Wildman–Crippen MR) is 58.3 cm³/mol. The van der Waals surface area contributed by atoms with Crippen molar-refractivity contribution in [3.63, 3.8) is 0 Å². The molecule has 0 aromatic rings. The first-order valence-electron chi connectivity index (χ1n) is 10.6. The minimum atomic E-state index is -4.65. The van der Waals surface area contributed by atoms with Crippen LogP contribution in [0.4, 0.5) is 0 Å². The first-order chi connectivity index (χ1) is 13.6. The topological polar surface area (TPSA) is 112 Å². The monoisotopic (exact) mass is 265 g/mol. The van der Waals surface area contributed by atoms with Gasteiger partial charge in [-0.25, -0.2) is 0 Å². The summed E-state index contributed by atoms with van der Waals surface area (Å²) in [7, 11) is -4.65. The van der Waals surface area contributed by atoms with E-state index in [1.165, 1.54) is 0 Å². The maximum Gasteiger partial charge on any atom is 0.303 e. The molecule has 0 aromatic heterocycles. The summed E-state index contributed by atoms with van der Waals surface area (Å²) < 4.78 is 112. The summed E-state index contributed by atoms with van der Waals surface area (Å²) in [5.41, 5.74) is 0. The van der Waals surface area contributed by atoms with Crippen molar-refractivity contribution in [2.45, 2.75) is 19.1 Å². The first kappa shape index (κ1) is 3.42. The summed E-state index contributed by atoms with van der Waals surface area (Å²) in [5.74, 6) is -7.07. The van der Waals surface area contributed by atoms with Crippen LogP contribution in [0.5, 0.6) is 0 Å². The lowest BCUT2D eigenvalue weighted by atomic mass is 10.5. The van der Waals surface area contributed by atoms with E-state index >= 15 is 0 Å². The van der Waals surface area contributed by atoms with E-state index in [9.17, 15) is 14.4 Å². The Balaban J connectivity index is 7.36. The third-order valence-electron chi connectivity index (χ3n) is 0.809. The number of carboxylic acid groups (broad SMARTS) is 3. The number of carboxylic acids is 3. The van der Waals surface area contributed by atoms with Gasteiger partial charge in [-0.15, -0.1) is 7.92 Å². The van der Waals surface area contributed by atoms with Crippen LogP contribution in [0.15, 0.2) is 0 Å². The van der Waals surface area contributed by atoms with Gasteiger partial charge in [0, 0.05) is 35.6 Å². The highest BCUT2D eigenvalue weighted by Gasteiger charge is 2.13. The second-order valence-corrected chi connectivity index (χ2v) is 3.25. The lowest BCUT2D eigenvalue weighted by Crippen LogP contribution is -2.07. The lowest BCUT2D eigenvalue weighted by molar-refractivity contribution is -0.137. The van der Waals surface area contributed by atoms with Gasteiger partial charge in [0.25, 0.3) is 4.29 Å². The fourth-order valence-electron chi connectivity index (χ4n) is 0.388. The Morgan fingerprint density at radius 3 is 1.44 bits per heavy atom. The van der Waals surface area contributed by atoms with Crippen molar-refractivity contribution in [2.75, 3.05) is 18.3 Å². The normalized spacial score (nSPS) is 28.7. The largest absolute Gasteiger partial charge is 0.481 e. The zero-order valence-electron chi connectivity index (χ0n) is 22.4. The summed E-state index contributed by atoms with van der Waals surface area (Å²) in [6.07, 6.45) is -25.3. The third kappa shape index (κ3) is 9.40. The van der Waals surface area contributed by atoms with Crippen molar-refractivity contribution in [3.8, 4) is 0 Å². The van der Waals surface area contributed by atoms with Crippen LogP contribution in [0.2, 0.25) is 0 Å². The van der Waals surface area contributed by atoms with E-state index in [0.717, 1.165) is 0 Å². The molecule has 92 valence electrons. The Bertz CT molecular complexity index is 629. The van der Waals surface area contributed by atoms with E-state index in [1.54, 1.807) is 0 Å². The minimum absolute atomic E-state index is 2.36. The summed E-state index contributed by atoms with van der Waals surface area (Å²) in [6, 6.07) is 0. The maximum absolute atomic E-state index is 11.6. The number of hydrogen-bond acceptors (Lipinski definition) is 6. The van der Waals surface area contributed by atoms with Crippen LogP contribution in [-0.4, -0.2) is 51.6 Å². The maximum atomic E-state index is 11.6. The van der Waals surface area contributed by atoms with E-state index in [-0.39, 0.29) is 0 Å². The van der Waals surface area contributed by atoms with Crippen molar-refractivity contribution in [1.29, 1.82) is 4.29 Å². The molecule has 16 heavy (non-hydrogen) atoms. The fraction of sp³-hybridized carbons (Fsp3) is 0.667. The molecule has 0 fully saturated rings. The van der Waals surface area contributed by atoms with Crippen LogP contribution in [0, 0.1) is 0 Å². The molecule has 0 spiro atoms. The molecule has 0 bridgehead atoms. The molecule has 0 saturated carbocycles. The molecule has 0 saturated heterocycles. The Hall–Kier alpha value is -1.16. The molecule has 7 heteroatoms. The van der Waals surface area contributed by atoms with Crippen LogP contribution >= 0.6 is 7.92 Å². The van der Waals surface area contributed by atoms with Gasteiger partial charge in [0.1, 0.15) is 0 Å². The molecule has 0 aliphatic rings. The molecule has 0 heterocycles. The van der Waals surface area contributed by atoms with Crippen LogP contribution in [0.25, 0.3) is 4.29 Å². The molecular formula is C9H15O6P. The van der Waals surface area contributed by atoms with Gasteiger partial charge in [-0.3, -0.25) is 14.4 Å². The minimum Gasteiger partial charge on any atom is -0.481 e. The van der Waals surface area contributed by atoms with Gasteiger partial charge in [0.15, 0.2) is 0 Å². The summed E-state index contributed by atoms with van der Waals surface area (Å²) in [4.78, 5) is 34.9. The summed E-state index contributed by atoms with van der Waals surface area (Å²) in [6.45, 7) is 0. The molecule has 0 amide bonds. The Kier molecular flexibility index (Phi) is 1.72. The van der Waals surface area contributed by atoms with E-state index in [4.69, 9.17) is 20.7 Å². The molecular weight excluding hydrogens is 235 g/mol. The molecule has 0 radical (unpaired) electrons. The standard InChI is InChI=1S/C9H15O6P/c10-7(11)1-4-16(5-2-8(12)13)6-3-9(14)15/h1-6H2,(H,10,11)(H,12,13)(H,14,15)/i1D2,2D2,3D2,4D2,5D2,6D2/hD3. The Morgan fingerprint density at radius 1 is 0.875 bits per heavy atom. The lowest BCUT2D eigenvalue weighted by Gasteiger charge is -2.14. The molecule has 6 nitrogen and oxygen atoms in total. The molecule has 0 rings (SSSR count). The SMILES string of the molecule is [2H]OC(=O)C([2H])([2H])C([2H])([2H])P(C([2H])([2H])C([2H])([2H])C(=O)O[2H])C([2H])([2H])C([2H])([2H])C(=O)O[2H]. The molecule has 3 N–H and O–H groups in total. The average Bonchev–Trinajstić information content (AvgIpc) is 2.64. The molecule has 0 aromatic carbocycles. The van der Waals surface area contributed by atoms with Crippen LogP contribution in [0.1, 0.15) is 35.6 Å². The van der Waals surface area contributed by atoms with E-state index in [1.807, 2.05) is 0 Å². The smallest absolute Gasteiger partial charge is 0.303 e. The van der Waals surface area contributed by atoms with Crippen LogP contribution in [0.3, 0.4) is 0 Å². The Labute approximate surface area is 115 Å². The van der Waals surface area contributed by atoms with Gasteiger partial charge in [0.05, 0.1) is 0 Å². The van der Waals surface area contributed by atoms with Crippen molar-refractivity contribution >= 4 is 25.8 Å². The van der Waals surface area contributed by atoms with E-state index in [0.29, 0.717) is 0 Å². The van der Waals surface area contributed by atoms with Crippen molar-refractivity contribution in [1.82, 2.24) is 0 Å². The second-order valence-electron chi connectivity index (χ2n) is 1.91. The second kappa shape index (κ2) is 8.05. The number of aliphatic carboxylic acids is 3.